The Morgan fingerprint density at radius 2 is 2.40 bits per heavy atom. The number of hydrogen-bond acceptors (Lipinski definition) is 5. The van der Waals surface area contributed by atoms with Gasteiger partial charge in [-0.05, 0) is 6.92 Å². The normalized spacial score (nSPS) is 11.9. The Labute approximate surface area is 91.1 Å². The molecule has 6 nitrogen and oxygen atoms in total. The van der Waals surface area contributed by atoms with Crippen LogP contribution in [0.25, 0.3) is 0 Å². The molecule has 80 valence electrons. The SMILES string of the molecule is C=CC(C)Nc1ncnc(Cl)c1[N+](=O)[O-]. The molecule has 1 rings (SSSR count). The minimum atomic E-state index is -0.625. The van der Waals surface area contributed by atoms with Gasteiger partial charge in [0.15, 0.2) is 0 Å². The van der Waals surface area contributed by atoms with Crippen LogP contribution in [0.4, 0.5) is 11.5 Å². The lowest BCUT2D eigenvalue weighted by molar-refractivity contribution is -0.384. The fourth-order valence-corrected chi connectivity index (χ4v) is 1.10. The summed E-state index contributed by atoms with van der Waals surface area (Å²) in [5.41, 5.74) is -0.326. The van der Waals surface area contributed by atoms with Crippen molar-refractivity contribution in [3.05, 3.63) is 34.2 Å². The average molecular weight is 229 g/mol. The molecule has 15 heavy (non-hydrogen) atoms. The highest BCUT2D eigenvalue weighted by atomic mass is 35.5. The van der Waals surface area contributed by atoms with Gasteiger partial charge >= 0.3 is 5.69 Å². The van der Waals surface area contributed by atoms with Crippen LogP contribution < -0.4 is 5.32 Å². The van der Waals surface area contributed by atoms with Crippen molar-refractivity contribution in [1.29, 1.82) is 0 Å². The van der Waals surface area contributed by atoms with Crippen LogP contribution in [-0.2, 0) is 0 Å². The van der Waals surface area contributed by atoms with E-state index in [9.17, 15) is 10.1 Å². The van der Waals surface area contributed by atoms with Crippen molar-refractivity contribution in [1.82, 2.24) is 9.97 Å². The molecule has 0 fully saturated rings. The maximum Gasteiger partial charge on any atom is 0.348 e. The first-order chi connectivity index (χ1) is 7.06. The first-order valence-corrected chi connectivity index (χ1v) is 4.48. The quantitative estimate of drug-likeness (QED) is 0.369. The standard InChI is InChI=1S/C8H9ClN4O2/c1-3-5(2)12-8-6(13(14)15)7(9)10-4-11-8/h3-5H,1H2,2H3,(H,10,11,12). The lowest BCUT2D eigenvalue weighted by Gasteiger charge is -2.09. The smallest absolute Gasteiger partial charge is 0.348 e. The molecule has 1 atom stereocenters. The molecule has 1 N–H and O–H groups in total. The number of nitrogens with one attached hydrogen (secondary N) is 1. The second kappa shape index (κ2) is 4.70. The van der Waals surface area contributed by atoms with Gasteiger partial charge in [-0.3, -0.25) is 10.1 Å². The van der Waals surface area contributed by atoms with E-state index >= 15 is 0 Å². The third-order valence-corrected chi connectivity index (χ3v) is 1.95. The highest BCUT2D eigenvalue weighted by Crippen LogP contribution is 2.28. The van der Waals surface area contributed by atoms with Crippen molar-refractivity contribution in [2.45, 2.75) is 13.0 Å². The monoisotopic (exact) mass is 228 g/mol. The van der Waals surface area contributed by atoms with E-state index in [1.54, 1.807) is 13.0 Å². The van der Waals surface area contributed by atoms with Gasteiger partial charge in [0.1, 0.15) is 6.33 Å². The summed E-state index contributed by atoms with van der Waals surface area (Å²) >= 11 is 5.59. The predicted octanol–water partition coefficient (Wildman–Crippen LogP) is 2.02. The first kappa shape index (κ1) is 11.4. The van der Waals surface area contributed by atoms with Gasteiger partial charge in [0.2, 0.25) is 11.0 Å². The average Bonchev–Trinajstić information content (AvgIpc) is 2.17. The molecular weight excluding hydrogens is 220 g/mol. The second-order valence-electron chi connectivity index (χ2n) is 2.79. The van der Waals surface area contributed by atoms with Gasteiger partial charge < -0.3 is 5.32 Å². The molecule has 1 aromatic heterocycles. The molecule has 7 heteroatoms. The molecule has 0 aliphatic carbocycles. The zero-order valence-corrected chi connectivity index (χ0v) is 8.73. The van der Waals surface area contributed by atoms with Crippen molar-refractivity contribution in [2.24, 2.45) is 0 Å². The van der Waals surface area contributed by atoms with E-state index < -0.39 is 4.92 Å². The lowest BCUT2D eigenvalue weighted by Crippen LogP contribution is -2.14. The molecule has 0 bridgehead atoms. The van der Waals surface area contributed by atoms with Crippen LogP contribution >= 0.6 is 11.6 Å². The number of rotatable bonds is 4. The molecule has 0 amide bonds. The summed E-state index contributed by atoms with van der Waals surface area (Å²) < 4.78 is 0. The number of nitro groups is 1. The molecular formula is C8H9ClN4O2. The summed E-state index contributed by atoms with van der Waals surface area (Å²) in [6.45, 7) is 5.33. The Balaban J connectivity index is 3.11. The Hall–Kier alpha value is -1.69. The van der Waals surface area contributed by atoms with E-state index in [2.05, 4.69) is 21.9 Å². The molecule has 0 aliphatic heterocycles. The summed E-state index contributed by atoms with van der Waals surface area (Å²) in [4.78, 5) is 17.4. The van der Waals surface area contributed by atoms with Crippen LogP contribution in [0.1, 0.15) is 6.92 Å². The Morgan fingerprint density at radius 3 is 2.93 bits per heavy atom. The molecule has 1 heterocycles. The van der Waals surface area contributed by atoms with E-state index in [4.69, 9.17) is 11.6 Å². The van der Waals surface area contributed by atoms with Crippen molar-refractivity contribution >= 4 is 23.1 Å². The number of nitrogens with zero attached hydrogens (tertiary/aromatic N) is 3. The van der Waals surface area contributed by atoms with Gasteiger partial charge in [0.05, 0.1) is 4.92 Å². The maximum absolute atomic E-state index is 10.7. The summed E-state index contributed by atoms with van der Waals surface area (Å²) in [5.74, 6) is 0.0902. The molecule has 0 spiro atoms. The molecule has 0 radical (unpaired) electrons. The summed E-state index contributed by atoms with van der Waals surface area (Å²) in [7, 11) is 0. The van der Waals surface area contributed by atoms with E-state index in [1.165, 1.54) is 0 Å². The number of halogens is 1. The largest absolute Gasteiger partial charge is 0.358 e. The fourth-order valence-electron chi connectivity index (χ4n) is 0.899. The summed E-state index contributed by atoms with van der Waals surface area (Å²) in [6.07, 6.45) is 2.76. The second-order valence-corrected chi connectivity index (χ2v) is 3.15. The van der Waals surface area contributed by atoms with Crippen molar-refractivity contribution in [3.63, 3.8) is 0 Å². The molecule has 0 saturated carbocycles. The number of anilines is 1. The van der Waals surface area contributed by atoms with Gasteiger partial charge in [-0.2, -0.15) is 0 Å². The number of hydrogen-bond donors (Lipinski definition) is 1. The zero-order chi connectivity index (χ0) is 11.4. The van der Waals surface area contributed by atoms with Crippen LogP contribution in [0.5, 0.6) is 0 Å². The van der Waals surface area contributed by atoms with E-state index in [-0.39, 0.29) is 22.7 Å². The Bertz CT molecular complexity index is 396. The molecule has 0 aliphatic rings. The van der Waals surface area contributed by atoms with Gasteiger partial charge in [-0.1, -0.05) is 17.7 Å². The Kier molecular flexibility index (Phi) is 3.56. The van der Waals surface area contributed by atoms with Gasteiger partial charge in [-0.15, -0.1) is 6.58 Å². The van der Waals surface area contributed by atoms with E-state index in [0.717, 1.165) is 6.33 Å². The van der Waals surface area contributed by atoms with E-state index in [0.29, 0.717) is 0 Å². The van der Waals surface area contributed by atoms with Crippen LogP contribution in [0, 0.1) is 10.1 Å². The minimum Gasteiger partial charge on any atom is -0.358 e. The zero-order valence-electron chi connectivity index (χ0n) is 7.98. The molecule has 0 saturated heterocycles. The lowest BCUT2D eigenvalue weighted by atomic mass is 10.3. The summed E-state index contributed by atoms with van der Waals surface area (Å²) in [6, 6.07) is -0.144. The van der Waals surface area contributed by atoms with Crippen LogP contribution in [-0.4, -0.2) is 20.9 Å². The Morgan fingerprint density at radius 1 is 1.73 bits per heavy atom. The highest BCUT2D eigenvalue weighted by molar-refractivity contribution is 6.31. The number of aromatic nitrogens is 2. The van der Waals surface area contributed by atoms with Crippen molar-refractivity contribution in [2.75, 3.05) is 5.32 Å². The van der Waals surface area contributed by atoms with Crippen molar-refractivity contribution in [3.8, 4) is 0 Å². The highest BCUT2D eigenvalue weighted by Gasteiger charge is 2.21. The van der Waals surface area contributed by atoms with E-state index in [1.807, 2.05) is 0 Å². The van der Waals surface area contributed by atoms with Crippen LogP contribution in [0.15, 0.2) is 19.0 Å². The van der Waals surface area contributed by atoms with Gasteiger partial charge in [0.25, 0.3) is 0 Å². The predicted molar refractivity (Wildman–Crippen MR) is 57.0 cm³/mol. The first-order valence-electron chi connectivity index (χ1n) is 4.10. The van der Waals surface area contributed by atoms with Gasteiger partial charge in [0, 0.05) is 6.04 Å². The maximum atomic E-state index is 10.7. The molecule has 1 aromatic rings. The summed E-state index contributed by atoms with van der Waals surface area (Å²) in [5, 5.41) is 13.3. The minimum absolute atomic E-state index is 0.0902. The fraction of sp³-hybridized carbons (Fsp3) is 0.250. The topological polar surface area (TPSA) is 81.0 Å². The van der Waals surface area contributed by atoms with Crippen LogP contribution in [0.3, 0.4) is 0 Å². The van der Waals surface area contributed by atoms with Crippen molar-refractivity contribution < 1.29 is 4.92 Å². The third kappa shape index (κ3) is 2.63. The van der Waals surface area contributed by atoms with Gasteiger partial charge in [-0.25, -0.2) is 9.97 Å². The molecule has 0 aromatic carbocycles. The third-order valence-electron chi connectivity index (χ3n) is 1.68. The molecule has 1 unspecified atom stereocenters. The van der Waals surface area contributed by atoms with Crippen LogP contribution in [0.2, 0.25) is 5.15 Å².